The summed E-state index contributed by atoms with van der Waals surface area (Å²) in [5, 5.41) is 8.56. The molecule has 0 amide bonds. The molecule has 5 heteroatoms. The Balaban J connectivity index is 3.41. The molecule has 0 saturated heterocycles. The third-order valence-electron chi connectivity index (χ3n) is 1.77. The number of rotatable bonds is 0. The Labute approximate surface area is 84.6 Å². The molecule has 1 nitrogen and oxygen atoms in total. The van der Waals surface area contributed by atoms with Crippen molar-refractivity contribution < 1.29 is 13.2 Å². The normalized spacial score (nSPS) is 11.1. The molecule has 0 heterocycles. The number of nitriles is 1. The fraction of sp³-hybridized carbons (Fsp3) is 0.222. The summed E-state index contributed by atoms with van der Waals surface area (Å²) in [5.41, 5.74) is -0.358. The highest BCUT2D eigenvalue weighted by Crippen LogP contribution is 2.35. The summed E-state index contributed by atoms with van der Waals surface area (Å²) >= 11 is 3.72. The van der Waals surface area contributed by atoms with Gasteiger partial charge in [-0.1, -0.05) is 0 Å². The van der Waals surface area contributed by atoms with Crippen LogP contribution in [0.4, 0.5) is 13.2 Å². The summed E-state index contributed by atoms with van der Waals surface area (Å²) in [4.78, 5) is -0.158. The molecule has 0 bridgehead atoms. The summed E-state index contributed by atoms with van der Waals surface area (Å²) in [6.07, 6.45) is -4.46. The predicted molar refractivity (Wildman–Crippen MR) is 48.1 cm³/mol. The minimum absolute atomic E-state index is 0.0233. The molecular weight excluding hydrogens is 211 g/mol. The van der Waals surface area contributed by atoms with Crippen molar-refractivity contribution in [2.24, 2.45) is 0 Å². The van der Waals surface area contributed by atoms with Gasteiger partial charge in [-0.25, -0.2) is 0 Å². The van der Waals surface area contributed by atoms with Crippen molar-refractivity contribution in [2.75, 3.05) is 0 Å². The summed E-state index contributed by atoms with van der Waals surface area (Å²) in [6, 6.07) is 3.76. The Morgan fingerprint density at radius 1 is 1.36 bits per heavy atom. The molecule has 0 aliphatic heterocycles. The summed E-state index contributed by atoms with van der Waals surface area (Å²) in [5.74, 6) is 0. The number of alkyl halides is 3. The molecule has 14 heavy (non-hydrogen) atoms. The van der Waals surface area contributed by atoms with E-state index in [1.54, 1.807) is 13.0 Å². The lowest BCUT2D eigenvalue weighted by molar-refractivity contribution is -0.139. The topological polar surface area (TPSA) is 23.8 Å². The van der Waals surface area contributed by atoms with Crippen molar-refractivity contribution in [3.8, 4) is 6.07 Å². The molecule has 0 unspecified atom stereocenters. The van der Waals surface area contributed by atoms with Crippen LogP contribution in [-0.2, 0) is 6.18 Å². The van der Waals surface area contributed by atoms with Gasteiger partial charge < -0.3 is 0 Å². The quantitative estimate of drug-likeness (QED) is 0.663. The standard InChI is InChI=1S/C9H6F3NS/c1-5-2-8(14)7(9(10,11)12)3-6(5)4-13/h2-3,14H,1H3. The number of nitrogens with zero attached hydrogens (tertiary/aromatic N) is 1. The van der Waals surface area contributed by atoms with E-state index in [1.165, 1.54) is 6.07 Å². The van der Waals surface area contributed by atoms with Crippen LogP contribution < -0.4 is 0 Å². The predicted octanol–water partition coefficient (Wildman–Crippen LogP) is 3.17. The van der Waals surface area contributed by atoms with Gasteiger partial charge in [0.15, 0.2) is 0 Å². The van der Waals surface area contributed by atoms with E-state index >= 15 is 0 Å². The molecule has 1 aromatic carbocycles. The van der Waals surface area contributed by atoms with Gasteiger partial charge in [0.25, 0.3) is 0 Å². The first-order valence-electron chi connectivity index (χ1n) is 3.67. The maximum Gasteiger partial charge on any atom is 0.417 e. The number of aryl methyl sites for hydroxylation is 1. The molecule has 0 atom stereocenters. The minimum Gasteiger partial charge on any atom is -0.192 e. The monoisotopic (exact) mass is 217 g/mol. The van der Waals surface area contributed by atoms with Gasteiger partial charge in [0, 0.05) is 4.90 Å². The van der Waals surface area contributed by atoms with Gasteiger partial charge >= 0.3 is 6.18 Å². The van der Waals surface area contributed by atoms with Crippen LogP contribution in [0.3, 0.4) is 0 Å². The minimum atomic E-state index is -4.46. The maximum absolute atomic E-state index is 12.3. The van der Waals surface area contributed by atoms with Crippen molar-refractivity contribution in [1.82, 2.24) is 0 Å². The summed E-state index contributed by atoms with van der Waals surface area (Å²) < 4.78 is 37.0. The van der Waals surface area contributed by atoms with E-state index < -0.39 is 11.7 Å². The molecule has 1 rings (SSSR count). The SMILES string of the molecule is Cc1cc(S)c(C(F)(F)F)cc1C#N. The van der Waals surface area contributed by atoms with Crippen LogP contribution >= 0.6 is 12.6 Å². The Morgan fingerprint density at radius 3 is 2.36 bits per heavy atom. The van der Waals surface area contributed by atoms with Crippen LogP contribution in [0.5, 0.6) is 0 Å². The third kappa shape index (κ3) is 2.02. The molecule has 0 aliphatic rings. The second-order valence-electron chi connectivity index (χ2n) is 2.79. The molecule has 0 spiro atoms. The van der Waals surface area contributed by atoms with Crippen LogP contribution in [0.25, 0.3) is 0 Å². The first-order valence-corrected chi connectivity index (χ1v) is 4.12. The van der Waals surface area contributed by atoms with Gasteiger partial charge in [0.1, 0.15) is 0 Å². The number of thiol groups is 1. The van der Waals surface area contributed by atoms with E-state index in [2.05, 4.69) is 12.6 Å². The van der Waals surface area contributed by atoms with Crippen molar-refractivity contribution in [1.29, 1.82) is 5.26 Å². The van der Waals surface area contributed by atoms with E-state index in [9.17, 15) is 13.2 Å². The average molecular weight is 217 g/mol. The second kappa shape index (κ2) is 3.54. The van der Waals surface area contributed by atoms with Crippen molar-refractivity contribution in [3.05, 3.63) is 28.8 Å². The molecule has 1 aromatic rings. The fourth-order valence-electron chi connectivity index (χ4n) is 1.04. The van der Waals surface area contributed by atoms with Crippen molar-refractivity contribution in [2.45, 2.75) is 18.0 Å². The molecule has 0 radical (unpaired) electrons. The lowest BCUT2D eigenvalue weighted by atomic mass is 10.1. The molecule has 0 saturated carbocycles. The zero-order valence-corrected chi connectivity index (χ0v) is 8.08. The van der Waals surface area contributed by atoms with Crippen LogP contribution in [0.15, 0.2) is 17.0 Å². The highest BCUT2D eigenvalue weighted by atomic mass is 32.1. The van der Waals surface area contributed by atoms with E-state index in [-0.39, 0.29) is 10.5 Å². The lowest BCUT2D eigenvalue weighted by Crippen LogP contribution is -2.07. The van der Waals surface area contributed by atoms with Crippen molar-refractivity contribution in [3.63, 3.8) is 0 Å². The van der Waals surface area contributed by atoms with Gasteiger partial charge in [-0.05, 0) is 24.6 Å². The summed E-state index contributed by atoms with van der Waals surface area (Å²) in [6.45, 7) is 1.57. The van der Waals surface area contributed by atoms with Gasteiger partial charge in [-0.15, -0.1) is 12.6 Å². The zero-order chi connectivity index (χ0) is 10.9. The first kappa shape index (κ1) is 10.9. The Kier molecular flexibility index (Phi) is 2.76. The molecule has 74 valence electrons. The number of halogens is 3. The largest absolute Gasteiger partial charge is 0.417 e. The zero-order valence-electron chi connectivity index (χ0n) is 7.18. The van der Waals surface area contributed by atoms with Gasteiger partial charge in [0.05, 0.1) is 17.2 Å². The Bertz CT molecular complexity index is 404. The maximum atomic E-state index is 12.3. The van der Waals surface area contributed by atoms with E-state index in [4.69, 9.17) is 5.26 Å². The Hall–Kier alpha value is -1.15. The van der Waals surface area contributed by atoms with Crippen molar-refractivity contribution >= 4 is 12.6 Å². The van der Waals surface area contributed by atoms with E-state index in [0.717, 1.165) is 6.07 Å². The number of hydrogen-bond donors (Lipinski definition) is 1. The molecule has 0 fully saturated rings. The van der Waals surface area contributed by atoms with Crippen LogP contribution in [0, 0.1) is 18.3 Å². The van der Waals surface area contributed by atoms with E-state index in [1.807, 2.05) is 0 Å². The first-order chi connectivity index (χ1) is 6.36. The number of benzene rings is 1. The lowest BCUT2D eigenvalue weighted by Gasteiger charge is -2.10. The molecule has 0 aromatic heterocycles. The molecule has 0 aliphatic carbocycles. The van der Waals surface area contributed by atoms with E-state index in [0.29, 0.717) is 5.56 Å². The van der Waals surface area contributed by atoms with Crippen LogP contribution in [0.2, 0.25) is 0 Å². The Morgan fingerprint density at radius 2 is 1.93 bits per heavy atom. The van der Waals surface area contributed by atoms with Crippen LogP contribution in [-0.4, -0.2) is 0 Å². The highest BCUT2D eigenvalue weighted by Gasteiger charge is 2.33. The number of hydrogen-bond acceptors (Lipinski definition) is 2. The third-order valence-corrected chi connectivity index (χ3v) is 2.14. The van der Waals surface area contributed by atoms with Gasteiger partial charge in [0.2, 0.25) is 0 Å². The summed E-state index contributed by atoms with van der Waals surface area (Å²) in [7, 11) is 0. The van der Waals surface area contributed by atoms with Gasteiger partial charge in [-0.2, -0.15) is 18.4 Å². The molecule has 0 N–H and O–H groups in total. The average Bonchev–Trinajstić information content (AvgIpc) is 2.02. The highest BCUT2D eigenvalue weighted by molar-refractivity contribution is 7.80. The molecular formula is C9H6F3NS. The van der Waals surface area contributed by atoms with Crippen LogP contribution in [0.1, 0.15) is 16.7 Å². The second-order valence-corrected chi connectivity index (χ2v) is 3.28. The smallest absolute Gasteiger partial charge is 0.192 e. The fourth-order valence-corrected chi connectivity index (χ4v) is 1.43. The van der Waals surface area contributed by atoms with Gasteiger partial charge in [-0.3, -0.25) is 0 Å².